The van der Waals surface area contributed by atoms with Gasteiger partial charge in [0.25, 0.3) is 5.91 Å². The fourth-order valence-electron chi connectivity index (χ4n) is 3.95. The van der Waals surface area contributed by atoms with Gasteiger partial charge in [0.1, 0.15) is 16.1 Å². The van der Waals surface area contributed by atoms with Crippen molar-refractivity contribution in [1.29, 1.82) is 0 Å². The molecule has 0 saturated carbocycles. The molecule has 1 unspecified atom stereocenters. The van der Waals surface area contributed by atoms with Crippen molar-refractivity contribution in [3.05, 3.63) is 59.1 Å². The third-order valence-electron chi connectivity index (χ3n) is 5.58. The summed E-state index contributed by atoms with van der Waals surface area (Å²) in [6.45, 7) is 3.63. The van der Waals surface area contributed by atoms with E-state index < -0.39 is 5.54 Å². The maximum Gasteiger partial charge on any atom is 0.271 e. The second-order valence-corrected chi connectivity index (χ2v) is 8.41. The maximum absolute atomic E-state index is 13.5. The fourth-order valence-corrected chi connectivity index (χ4v) is 4.85. The molecule has 0 fully saturated rings. The van der Waals surface area contributed by atoms with Gasteiger partial charge in [0, 0.05) is 25.6 Å². The number of thiophene rings is 1. The Bertz CT molecular complexity index is 1030. The summed E-state index contributed by atoms with van der Waals surface area (Å²) >= 11 is 1.60. The molecule has 2 amide bonds. The lowest BCUT2D eigenvalue weighted by molar-refractivity contribution is -0.133. The Labute approximate surface area is 174 Å². The lowest BCUT2D eigenvalue weighted by Crippen LogP contribution is -2.64. The highest BCUT2D eigenvalue weighted by Gasteiger charge is 2.47. The number of carbonyl (C=O) groups is 2. The minimum Gasteiger partial charge on any atom is -0.383 e. The van der Waals surface area contributed by atoms with Crippen molar-refractivity contribution in [3.63, 3.8) is 0 Å². The van der Waals surface area contributed by atoms with E-state index in [-0.39, 0.29) is 11.8 Å². The first-order valence-electron chi connectivity index (χ1n) is 9.74. The third kappa shape index (κ3) is 3.56. The van der Waals surface area contributed by atoms with E-state index in [0.29, 0.717) is 38.4 Å². The van der Waals surface area contributed by atoms with Gasteiger partial charge in [0.05, 0.1) is 13.2 Å². The number of fused-ring (bicyclic) bond motifs is 3. The van der Waals surface area contributed by atoms with E-state index in [1.54, 1.807) is 23.3 Å². The van der Waals surface area contributed by atoms with Gasteiger partial charge in [-0.1, -0.05) is 30.3 Å². The summed E-state index contributed by atoms with van der Waals surface area (Å²) in [5.41, 5.74) is 0.828. The van der Waals surface area contributed by atoms with Crippen LogP contribution < -0.4 is 5.32 Å². The summed E-state index contributed by atoms with van der Waals surface area (Å²) < 4.78 is 7.06. The number of nitrogens with zero attached hydrogens (tertiary/aromatic N) is 2. The smallest absolute Gasteiger partial charge is 0.271 e. The van der Waals surface area contributed by atoms with Crippen LogP contribution in [-0.4, -0.2) is 53.6 Å². The van der Waals surface area contributed by atoms with Crippen LogP contribution in [-0.2, 0) is 22.5 Å². The molecule has 6 nitrogen and oxygen atoms in total. The van der Waals surface area contributed by atoms with Crippen LogP contribution in [0, 0.1) is 0 Å². The Kier molecular flexibility index (Phi) is 5.43. The minimum absolute atomic E-state index is 0.0972. The molecule has 1 aliphatic heterocycles. The molecule has 1 aliphatic rings. The highest BCUT2D eigenvalue weighted by Crippen LogP contribution is 2.34. The lowest BCUT2D eigenvalue weighted by Gasteiger charge is -2.44. The average Bonchev–Trinajstić information content (AvgIpc) is 3.31. The molecule has 0 bridgehead atoms. The quantitative estimate of drug-likeness (QED) is 0.608. The molecule has 3 aromatic rings. The highest BCUT2D eigenvalue weighted by atomic mass is 32.1. The van der Waals surface area contributed by atoms with Crippen molar-refractivity contribution >= 4 is 33.4 Å². The van der Waals surface area contributed by atoms with Gasteiger partial charge in [0.15, 0.2) is 0 Å². The summed E-state index contributed by atoms with van der Waals surface area (Å²) in [6.07, 6.45) is 0.697. The van der Waals surface area contributed by atoms with Gasteiger partial charge >= 0.3 is 0 Å². The Morgan fingerprint density at radius 3 is 2.83 bits per heavy atom. The molecular formula is C22H25N3O3S. The molecule has 2 aromatic heterocycles. The van der Waals surface area contributed by atoms with Crippen LogP contribution in [0.4, 0.5) is 0 Å². The molecule has 152 valence electrons. The molecule has 0 saturated heterocycles. The minimum atomic E-state index is -0.970. The number of rotatable bonds is 7. The summed E-state index contributed by atoms with van der Waals surface area (Å²) in [6, 6.07) is 14.0. The summed E-state index contributed by atoms with van der Waals surface area (Å²) in [5, 5.41) is 6.00. The Morgan fingerprint density at radius 1 is 1.28 bits per heavy atom. The molecule has 4 rings (SSSR count). The van der Waals surface area contributed by atoms with E-state index in [0.717, 1.165) is 15.8 Å². The van der Waals surface area contributed by atoms with Gasteiger partial charge in [-0.3, -0.25) is 9.59 Å². The van der Waals surface area contributed by atoms with Crippen molar-refractivity contribution in [3.8, 4) is 0 Å². The van der Waals surface area contributed by atoms with Crippen molar-refractivity contribution in [1.82, 2.24) is 14.8 Å². The summed E-state index contributed by atoms with van der Waals surface area (Å²) in [7, 11) is 1.60. The van der Waals surface area contributed by atoms with Crippen molar-refractivity contribution < 1.29 is 14.3 Å². The molecule has 1 N–H and O–H groups in total. The number of ether oxygens (including phenoxy) is 1. The Morgan fingerprint density at radius 2 is 2.07 bits per heavy atom. The highest BCUT2D eigenvalue weighted by molar-refractivity contribution is 7.16. The zero-order valence-corrected chi connectivity index (χ0v) is 17.5. The van der Waals surface area contributed by atoms with Gasteiger partial charge in [-0.05, 0) is 36.4 Å². The number of nitrogens with one attached hydrogen (secondary N) is 1. The number of aromatic nitrogens is 1. The number of benzene rings is 1. The van der Waals surface area contributed by atoms with Crippen LogP contribution >= 0.6 is 11.3 Å². The first-order chi connectivity index (χ1) is 14.0. The number of methoxy groups -OCH3 is 1. The molecule has 3 heterocycles. The zero-order chi connectivity index (χ0) is 20.4. The van der Waals surface area contributed by atoms with Crippen LogP contribution in [0.3, 0.4) is 0 Å². The van der Waals surface area contributed by atoms with Crippen molar-refractivity contribution in [2.24, 2.45) is 0 Å². The molecule has 0 radical (unpaired) electrons. The second-order valence-electron chi connectivity index (χ2n) is 7.51. The fraction of sp³-hybridized carbons (Fsp3) is 0.364. The van der Waals surface area contributed by atoms with E-state index >= 15 is 0 Å². The largest absolute Gasteiger partial charge is 0.383 e. The van der Waals surface area contributed by atoms with Gasteiger partial charge in [0.2, 0.25) is 5.91 Å². The topological polar surface area (TPSA) is 63.6 Å². The number of hydrogen-bond donors (Lipinski definition) is 1. The van der Waals surface area contributed by atoms with Crippen molar-refractivity contribution in [2.75, 3.05) is 26.8 Å². The van der Waals surface area contributed by atoms with E-state index in [1.165, 1.54) is 0 Å². The van der Waals surface area contributed by atoms with Crippen LogP contribution in [0.2, 0.25) is 0 Å². The van der Waals surface area contributed by atoms with Crippen LogP contribution in [0.1, 0.15) is 23.0 Å². The first-order valence-corrected chi connectivity index (χ1v) is 10.6. The van der Waals surface area contributed by atoms with E-state index in [1.807, 2.05) is 59.3 Å². The summed E-state index contributed by atoms with van der Waals surface area (Å²) in [5.74, 6) is -0.250. The monoisotopic (exact) mass is 411 g/mol. The maximum atomic E-state index is 13.5. The lowest BCUT2D eigenvalue weighted by atomic mass is 9.94. The van der Waals surface area contributed by atoms with E-state index in [9.17, 15) is 9.59 Å². The normalized spacial score (nSPS) is 18.8. The SMILES string of the molecule is COCCNC(=O)C1(C)Cn2c(cc3ccsc32)C(=O)N1CCc1ccccc1. The number of hydrogen-bond acceptors (Lipinski definition) is 4. The summed E-state index contributed by atoms with van der Waals surface area (Å²) in [4.78, 5) is 29.4. The first kappa shape index (κ1) is 19.7. The third-order valence-corrected chi connectivity index (χ3v) is 6.53. The van der Waals surface area contributed by atoms with Crippen molar-refractivity contribution in [2.45, 2.75) is 25.4 Å². The van der Waals surface area contributed by atoms with Crippen LogP contribution in [0.15, 0.2) is 47.8 Å². The standard InChI is InChI=1S/C22H25N3O3S/c1-22(21(27)23-10-12-28-2)15-24-18(14-17-9-13-29-20(17)24)19(26)25(22)11-8-16-6-4-3-5-7-16/h3-7,9,13-14H,8,10-12,15H2,1-2H3,(H,23,27). The van der Waals surface area contributed by atoms with Gasteiger partial charge in [-0.15, -0.1) is 11.3 Å². The molecule has 29 heavy (non-hydrogen) atoms. The van der Waals surface area contributed by atoms with Crippen LogP contribution in [0.5, 0.6) is 0 Å². The molecule has 0 aliphatic carbocycles. The molecular weight excluding hydrogens is 386 g/mol. The Hall–Kier alpha value is -2.64. The molecule has 7 heteroatoms. The zero-order valence-electron chi connectivity index (χ0n) is 16.7. The predicted octanol–water partition coefficient (Wildman–Crippen LogP) is 2.92. The van der Waals surface area contributed by atoms with E-state index in [2.05, 4.69) is 5.32 Å². The van der Waals surface area contributed by atoms with Gasteiger partial charge in [-0.2, -0.15) is 0 Å². The molecule has 1 atom stereocenters. The van der Waals surface area contributed by atoms with E-state index in [4.69, 9.17) is 4.74 Å². The second kappa shape index (κ2) is 8.00. The predicted molar refractivity (Wildman–Crippen MR) is 114 cm³/mol. The number of amides is 2. The number of carbonyl (C=O) groups excluding carboxylic acids is 2. The van der Waals surface area contributed by atoms with Gasteiger partial charge < -0.3 is 19.5 Å². The Balaban J connectivity index is 1.67. The molecule has 1 aromatic carbocycles. The van der Waals surface area contributed by atoms with Crippen LogP contribution in [0.25, 0.3) is 10.2 Å². The average molecular weight is 412 g/mol. The van der Waals surface area contributed by atoms with Gasteiger partial charge in [-0.25, -0.2) is 0 Å². The molecule has 0 spiro atoms.